The van der Waals surface area contributed by atoms with E-state index in [9.17, 15) is 0 Å². The van der Waals surface area contributed by atoms with Crippen LogP contribution in [0.15, 0.2) is 84.9 Å². The largest absolute Gasteiger partial charge is 0.179 e. The van der Waals surface area contributed by atoms with Gasteiger partial charge in [-0.2, -0.15) is 59.7 Å². The molecule has 4 aromatic rings. The van der Waals surface area contributed by atoms with Crippen LogP contribution in [0.5, 0.6) is 0 Å². The van der Waals surface area contributed by atoms with Crippen LogP contribution in [0.4, 0.5) is 0 Å². The summed E-state index contributed by atoms with van der Waals surface area (Å²) in [6, 6.07) is 39.2. The molecule has 0 saturated heterocycles. The molecule has 0 spiro atoms. The fraction of sp³-hybridized carbons (Fsp3) is 0.250. The maximum absolute atomic E-state index is 4.93. The molecular formula is C32H33Cl2SiZr. The van der Waals surface area contributed by atoms with Gasteiger partial charge in [-0.15, -0.1) is 11.1 Å². The molecule has 0 N–H and O–H groups in total. The molecule has 183 valence electrons. The number of hydrogen-bond acceptors (Lipinski definition) is 0. The number of fused-ring (bicyclic) bond motifs is 6. The topological polar surface area (TPSA) is 0 Å². The third kappa shape index (κ3) is 8.29. The summed E-state index contributed by atoms with van der Waals surface area (Å²) in [4.78, 5) is 0. The third-order valence-corrected chi connectivity index (χ3v) is 8.19. The molecule has 36 heavy (non-hydrogen) atoms. The predicted molar refractivity (Wildman–Crippen MR) is 156 cm³/mol. The number of rotatable bonds is 4. The Labute approximate surface area is 239 Å². The smallest absolute Gasteiger partial charge is 0.0253 e. The first kappa shape index (κ1) is 29.1. The summed E-state index contributed by atoms with van der Waals surface area (Å²) >= 11 is -0.826. The van der Waals surface area contributed by atoms with E-state index in [4.69, 9.17) is 17.0 Å². The fourth-order valence-electron chi connectivity index (χ4n) is 4.55. The van der Waals surface area contributed by atoms with Crippen LogP contribution in [-0.2, 0) is 33.7 Å². The Morgan fingerprint density at radius 2 is 1.03 bits per heavy atom. The second kappa shape index (κ2) is 16.4. The molecule has 1 radical (unpaired) electrons. The second-order valence-corrected chi connectivity index (χ2v) is 14.2. The molecule has 0 atom stereocenters. The first-order valence-corrected chi connectivity index (χ1v) is 20.6. The minimum atomic E-state index is -0.826. The molecule has 0 aromatic heterocycles. The van der Waals surface area contributed by atoms with E-state index in [2.05, 4.69) is 98.8 Å². The molecule has 0 unspecified atom stereocenters. The number of benzene rings is 4. The first-order valence-electron chi connectivity index (χ1n) is 12.7. The molecule has 2 aliphatic carbocycles. The molecule has 0 amide bonds. The van der Waals surface area contributed by atoms with Crippen molar-refractivity contribution in [1.82, 2.24) is 0 Å². The van der Waals surface area contributed by atoms with E-state index in [0.717, 1.165) is 22.4 Å². The van der Waals surface area contributed by atoms with Crippen LogP contribution in [-0.4, -0.2) is 9.52 Å². The summed E-state index contributed by atoms with van der Waals surface area (Å²) in [5, 5.41) is 0. The van der Waals surface area contributed by atoms with Crippen LogP contribution in [0.2, 0.25) is 12.1 Å². The van der Waals surface area contributed by atoms with Gasteiger partial charge in [-0.3, -0.25) is 0 Å². The molecule has 4 heteroatoms. The molecule has 0 aliphatic heterocycles. The van der Waals surface area contributed by atoms with Crippen molar-refractivity contribution in [3.05, 3.63) is 119 Å². The van der Waals surface area contributed by atoms with Gasteiger partial charge in [0, 0.05) is 9.52 Å². The molecule has 0 saturated carbocycles. The van der Waals surface area contributed by atoms with Gasteiger partial charge in [0.1, 0.15) is 0 Å². The normalized spacial score (nSPS) is 11.0. The molecule has 0 fully saturated rings. The van der Waals surface area contributed by atoms with Crippen LogP contribution < -0.4 is 0 Å². The Balaban J connectivity index is 0.000000149. The van der Waals surface area contributed by atoms with Crippen LogP contribution >= 0.6 is 17.0 Å². The Bertz CT molecular complexity index is 1030. The molecule has 2 aliphatic rings. The van der Waals surface area contributed by atoms with E-state index in [1.54, 1.807) is 0 Å². The Morgan fingerprint density at radius 3 is 1.44 bits per heavy atom. The first-order chi connectivity index (χ1) is 17.7. The third-order valence-electron chi connectivity index (χ3n) is 6.22. The van der Waals surface area contributed by atoms with E-state index in [1.807, 2.05) is 12.1 Å². The summed E-state index contributed by atoms with van der Waals surface area (Å²) < 4.78 is 0. The van der Waals surface area contributed by atoms with Gasteiger partial charge >= 0.3 is 37.9 Å². The van der Waals surface area contributed by atoms with E-state index in [-0.39, 0.29) is 0 Å². The van der Waals surface area contributed by atoms with Gasteiger partial charge in [0.2, 0.25) is 0 Å². The zero-order chi connectivity index (χ0) is 25.6. The van der Waals surface area contributed by atoms with Crippen LogP contribution in [0.25, 0.3) is 22.3 Å². The van der Waals surface area contributed by atoms with E-state index >= 15 is 0 Å². The summed E-state index contributed by atoms with van der Waals surface area (Å²) in [6.45, 7) is 4.53. The maximum atomic E-state index is 4.93. The van der Waals surface area contributed by atoms with Gasteiger partial charge < -0.3 is 0 Å². The Kier molecular flexibility index (Phi) is 13.3. The number of halogens is 2. The number of hydrogen-bond donors (Lipinski definition) is 0. The van der Waals surface area contributed by atoms with E-state index in [0.29, 0.717) is 0 Å². The van der Waals surface area contributed by atoms with Crippen molar-refractivity contribution in [2.45, 2.75) is 51.6 Å². The molecular weight excluding hydrogens is 575 g/mol. The summed E-state index contributed by atoms with van der Waals surface area (Å²) in [5.41, 5.74) is 11.0. The van der Waals surface area contributed by atoms with Crippen molar-refractivity contribution >= 4 is 26.5 Å². The quantitative estimate of drug-likeness (QED) is 0.106. The average molecular weight is 608 g/mol. The van der Waals surface area contributed by atoms with Gasteiger partial charge in [0.05, 0.1) is 0 Å². The van der Waals surface area contributed by atoms with Crippen molar-refractivity contribution < 1.29 is 20.8 Å². The van der Waals surface area contributed by atoms with Crippen molar-refractivity contribution in [2.24, 2.45) is 0 Å². The van der Waals surface area contributed by atoms with Gasteiger partial charge in [0.15, 0.2) is 0 Å². The predicted octanol–water partition coefficient (Wildman–Crippen LogP) is 9.57. The second-order valence-electron chi connectivity index (χ2n) is 8.73. The van der Waals surface area contributed by atoms with Gasteiger partial charge in [0.25, 0.3) is 0 Å². The minimum Gasteiger partial charge on any atom is -0.179 e. The molecule has 4 aromatic carbocycles. The van der Waals surface area contributed by atoms with E-state index < -0.39 is 20.8 Å². The molecule has 0 nitrogen and oxygen atoms in total. The van der Waals surface area contributed by atoms with E-state index in [1.165, 1.54) is 69.4 Å². The SMILES string of the molecule is CCC[SiH]CCC.[Cl][Zr+2][Cl].[c-]1cccc2c1Cc1ccccc1-2.[c-]1cccc2c1Cc1ccccc1-2. The van der Waals surface area contributed by atoms with Crippen molar-refractivity contribution in [3.8, 4) is 22.3 Å². The van der Waals surface area contributed by atoms with Crippen molar-refractivity contribution in [1.29, 1.82) is 0 Å². The zero-order valence-corrected chi connectivity index (χ0v) is 26.3. The summed E-state index contributed by atoms with van der Waals surface area (Å²) in [5.74, 6) is 0. The molecule has 0 heterocycles. The Hall–Kier alpha value is -1.44. The van der Waals surface area contributed by atoms with Gasteiger partial charge in [-0.1, -0.05) is 110 Å². The fourth-order valence-corrected chi connectivity index (χ4v) is 5.65. The summed E-state index contributed by atoms with van der Waals surface area (Å²) in [7, 11) is 10.7. The molecule has 0 bridgehead atoms. The zero-order valence-electron chi connectivity index (χ0n) is 21.2. The van der Waals surface area contributed by atoms with Crippen LogP contribution in [0.3, 0.4) is 0 Å². The maximum Gasteiger partial charge on any atom is -0.0253 e. The Morgan fingerprint density at radius 1 is 0.639 bits per heavy atom. The van der Waals surface area contributed by atoms with Crippen molar-refractivity contribution in [2.75, 3.05) is 0 Å². The van der Waals surface area contributed by atoms with Crippen LogP contribution in [0, 0.1) is 12.1 Å². The minimum absolute atomic E-state index is 0.822. The standard InChI is InChI=1S/2C13H9.C6H15Si.2ClH.Zr/c2*1-3-7-12-10(5-1)9-11-6-2-4-8-13(11)12;1-3-5-7-6-4-2;;;/h2*1-5,7-8H,9H2;7H,3-6H2,1-2H3;2*1H;/q2*-1;;;;+4/p-2. The van der Waals surface area contributed by atoms with Gasteiger partial charge in [-0.25, -0.2) is 0 Å². The van der Waals surface area contributed by atoms with Crippen LogP contribution in [0.1, 0.15) is 48.9 Å². The summed E-state index contributed by atoms with van der Waals surface area (Å²) in [6.07, 6.45) is 4.89. The average Bonchev–Trinajstić information content (AvgIpc) is 3.49. The monoisotopic (exact) mass is 605 g/mol. The van der Waals surface area contributed by atoms with Gasteiger partial charge in [-0.05, 0) is 12.8 Å². The van der Waals surface area contributed by atoms with Crippen molar-refractivity contribution in [3.63, 3.8) is 0 Å². The molecule has 6 rings (SSSR count).